The van der Waals surface area contributed by atoms with Gasteiger partial charge in [-0.15, -0.1) is 0 Å². The minimum Gasteiger partial charge on any atom is -0.388 e. The highest BCUT2D eigenvalue weighted by Gasteiger charge is 2.40. The van der Waals surface area contributed by atoms with Crippen molar-refractivity contribution in [1.29, 1.82) is 0 Å². The number of hydrogen-bond acceptors (Lipinski definition) is 2. The average molecular weight is 629 g/mol. The lowest BCUT2D eigenvalue weighted by molar-refractivity contribution is 0.00588. The summed E-state index contributed by atoms with van der Waals surface area (Å²) in [5.74, 6) is 0. The number of aliphatic hydroxyl groups excluding tert-OH is 1. The zero-order valence-electron chi connectivity index (χ0n) is 27.5. The van der Waals surface area contributed by atoms with Gasteiger partial charge >= 0.3 is 0 Å². The molecular weight excluding hydrogens is 585 g/mol. The molecule has 2 heteroatoms. The molecule has 0 spiro atoms. The Balaban J connectivity index is 1.13. The molecule has 6 aromatic carbocycles. The summed E-state index contributed by atoms with van der Waals surface area (Å²) in [6.45, 7) is 0.507. The molecule has 48 heavy (non-hydrogen) atoms. The van der Waals surface area contributed by atoms with Crippen LogP contribution in [-0.4, -0.2) is 11.7 Å². The molecule has 0 saturated heterocycles. The van der Waals surface area contributed by atoms with E-state index in [2.05, 4.69) is 152 Å². The predicted octanol–water partition coefficient (Wildman–Crippen LogP) is 10.2. The Kier molecular flexibility index (Phi) is 9.65. The molecule has 2 nitrogen and oxygen atoms in total. The number of ether oxygens (including phenoxy) is 1. The van der Waals surface area contributed by atoms with E-state index in [0.29, 0.717) is 13.0 Å². The molecule has 0 saturated carbocycles. The quantitative estimate of drug-likeness (QED) is 0.102. The third kappa shape index (κ3) is 6.65. The van der Waals surface area contributed by atoms with E-state index in [1.807, 2.05) is 18.2 Å². The molecule has 1 aliphatic rings. The van der Waals surface area contributed by atoms with Gasteiger partial charge in [0.1, 0.15) is 5.60 Å². The first-order valence-electron chi connectivity index (χ1n) is 17.4. The van der Waals surface area contributed by atoms with Crippen molar-refractivity contribution in [3.63, 3.8) is 0 Å². The average Bonchev–Trinajstić information content (AvgIpc) is 3.50. The van der Waals surface area contributed by atoms with Gasteiger partial charge in [0.25, 0.3) is 0 Å². The van der Waals surface area contributed by atoms with Gasteiger partial charge in [-0.2, -0.15) is 0 Å². The Morgan fingerprint density at radius 3 is 1.52 bits per heavy atom. The molecule has 1 unspecified atom stereocenters. The summed E-state index contributed by atoms with van der Waals surface area (Å²) in [7, 11) is 0. The number of benzene rings is 6. The Morgan fingerprint density at radius 1 is 0.583 bits per heavy atom. The minimum atomic E-state index is -0.753. The van der Waals surface area contributed by atoms with E-state index in [1.54, 1.807) is 0 Å². The summed E-state index contributed by atoms with van der Waals surface area (Å²) in [4.78, 5) is 0. The molecule has 6 aromatic rings. The van der Waals surface area contributed by atoms with Gasteiger partial charge in [0.2, 0.25) is 0 Å². The minimum absolute atomic E-state index is 0.00245. The van der Waals surface area contributed by atoms with Gasteiger partial charge in [0.15, 0.2) is 0 Å². The third-order valence-electron chi connectivity index (χ3n) is 10.2. The molecule has 0 aliphatic heterocycles. The van der Waals surface area contributed by atoms with Gasteiger partial charge in [-0.25, -0.2) is 0 Å². The van der Waals surface area contributed by atoms with E-state index in [-0.39, 0.29) is 5.41 Å². The Labute approximate surface area is 285 Å². The number of hydrogen-bond donors (Lipinski definition) is 1. The van der Waals surface area contributed by atoms with Crippen LogP contribution in [0, 0.1) is 0 Å². The number of aryl methyl sites for hydroxylation is 1. The van der Waals surface area contributed by atoms with Gasteiger partial charge in [-0.3, -0.25) is 0 Å². The van der Waals surface area contributed by atoms with E-state index < -0.39 is 11.7 Å². The number of rotatable bonds is 13. The zero-order chi connectivity index (χ0) is 32.7. The summed E-state index contributed by atoms with van der Waals surface area (Å²) in [6, 6.07) is 60.0. The molecule has 7 rings (SSSR count). The van der Waals surface area contributed by atoms with Gasteiger partial charge in [-0.05, 0) is 83.0 Å². The van der Waals surface area contributed by atoms with E-state index in [1.165, 1.54) is 22.3 Å². The van der Waals surface area contributed by atoms with Gasteiger partial charge in [-0.1, -0.05) is 170 Å². The molecule has 0 radical (unpaired) electrons. The van der Waals surface area contributed by atoms with Crippen molar-refractivity contribution >= 4 is 0 Å². The largest absolute Gasteiger partial charge is 0.388 e. The highest BCUT2D eigenvalue weighted by molar-refractivity contribution is 5.48. The SMILES string of the molecule is OC(CCCOC(c1ccccc1)(c1ccccc1)c1ccccc1)c1ccc2c(c1)C(Cc1ccccc1)(Cc1ccccc1)CC2. The highest BCUT2D eigenvalue weighted by atomic mass is 16.5. The first-order chi connectivity index (χ1) is 23.7. The van der Waals surface area contributed by atoms with Crippen LogP contribution in [0.15, 0.2) is 170 Å². The van der Waals surface area contributed by atoms with Crippen molar-refractivity contribution in [3.05, 3.63) is 214 Å². The van der Waals surface area contributed by atoms with E-state index in [4.69, 9.17) is 4.74 Å². The fourth-order valence-corrected chi connectivity index (χ4v) is 7.86. The molecule has 1 atom stereocenters. The molecule has 0 bridgehead atoms. The van der Waals surface area contributed by atoms with Crippen molar-refractivity contribution in [2.45, 2.75) is 55.6 Å². The molecule has 0 amide bonds. The van der Waals surface area contributed by atoms with Crippen LogP contribution in [0.2, 0.25) is 0 Å². The molecular formula is C46H44O2. The van der Waals surface area contributed by atoms with Crippen LogP contribution in [0.25, 0.3) is 0 Å². The Morgan fingerprint density at radius 2 is 1.04 bits per heavy atom. The highest BCUT2D eigenvalue weighted by Crippen LogP contribution is 2.45. The number of fused-ring (bicyclic) bond motifs is 1. The molecule has 1 aliphatic carbocycles. The normalized spacial score (nSPS) is 14.4. The van der Waals surface area contributed by atoms with Crippen LogP contribution in [-0.2, 0) is 35.0 Å². The van der Waals surface area contributed by atoms with Crippen molar-refractivity contribution in [3.8, 4) is 0 Å². The van der Waals surface area contributed by atoms with Gasteiger partial charge in [0, 0.05) is 12.0 Å². The monoisotopic (exact) mass is 628 g/mol. The molecule has 0 fully saturated rings. The second-order valence-electron chi connectivity index (χ2n) is 13.3. The standard InChI is InChI=1S/C46H44O2/c47-44(27-16-32-48-46(40-21-10-3-11-22-40,41-23-12-4-13-24-41)42-25-14-5-15-26-42)39-29-28-38-30-31-45(43(38)33-39,34-36-17-6-1-7-18-36)35-37-19-8-2-9-20-37/h1-15,17-26,28-29,33,44,47H,16,27,30-32,34-35H2. The maximum Gasteiger partial charge on any atom is 0.143 e. The van der Waals surface area contributed by atoms with Crippen molar-refractivity contribution in [2.24, 2.45) is 0 Å². The molecule has 240 valence electrons. The first-order valence-corrected chi connectivity index (χ1v) is 17.4. The lowest BCUT2D eigenvalue weighted by Gasteiger charge is -2.36. The second kappa shape index (κ2) is 14.6. The first kappa shape index (κ1) is 31.8. The lowest BCUT2D eigenvalue weighted by Crippen LogP contribution is -2.33. The predicted molar refractivity (Wildman–Crippen MR) is 196 cm³/mol. The second-order valence-corrected chi connectivity index (χ2v) is 13.3. The molecule has 0 aromatic heterocycles. The Bertz CT molecular complexity index is 1730. The van der Waals surface area contributed by atoms with Crippen LogP contribution in [0.5, 0.6) is 0 Å². The zero-order valence-corrected chi connectivity index (χ0v) is 27.5. The van der Waals surface area contributed by atoms with E-state index >= 15 is 0 Å². The van der Waals surface area contributed by atoms with Crippen molar-refractivity contribution < 1.29 is 9.84 Å². The maximum atomic E-state index is 11.6. The maximum absolute atomic E-state index is 11.6. The van der Waals surface area contributed by atoms with Crippen molar-refractivity contribution in [2.75, 3.05) is 6.61 Å². The van der Waals surface area contributed by atoms with Crippen LogP contribution in [0.4, 0.5) is 0 Å². The Hall–Kier alpha value is -4.76. The smallest absolute Gasteiger partial charge is 0.143 e. The summed E-state index contributed by atoms with van der Waals surface area (Å²) in [5.41, 5.74) is 9.07. The van der Waals surface area contributed by atoms with Crippen LogP contribution < -0.4 is 0 Å². The third-order valence-corrected chi connectivity index (χ3v) is 10.2. The lowest BCUT2D eigenvalue weighted by atomic mass is 9.72. The van der Waals surface area contributed by atoms with Crippen LogP contribution >= 0.6 is 0 Å². The molecule has 0 heterocycles. The van der Waals surface area contributed by atoms with Gasteiger partial charge < -0.3 is 9.84 Å². The van der Waals surface area contributed by atoms with Gasteiger partial charge in [0.05, 0.1) is 6.10 Å². The number of aliphatic hydroxyl groups is 1. The van der Waals surface area contributed by atoms with Crippen LogP contribution in [0.1, 0.15) is 69.9 Å². The summed E-state index contributed by atoms with van der Waals surface area (Å²) >= 11 is 0. The fraction of sp³-hybridized carbons (Fsp3) is 0.217. The van der Waals surface area contributed by atoms with Crippen molar-refractivity contribution in [1.82, 2.24) is 0 Å². The fourth-order valence-electron chi connectivity index (χ4n) is 7.86. The van der Waals surface area contributed by atoms with E-state index in [0.717, 1.165) is 54.4 Å². The van der Waals surface area contributed by atoms with E-state index in [9.17, 15) is 5.11 Å². The molecule has 1 N–H and O–H groups in total. The summed E-state index contributed by atoms with van der Waals surface area (Å²) < 4.78 is 7.00. The summed E-state index contributed by atoms with van der Waals surface area (Å²) in [5, 5.41) is 11.6. The summed E-state index contributed by atoms with van der Waals surface area (Å²) in [6.07, 6.45) is 4.95. The van der Waals surface area contributed by atoms with Crippen LogP contribution in [0.3, 0.4) is 0 Å². The topological polar surface area (TPSA) is 29.5 Å².